The molecule has 0 aromatic heterocycles. The van der Waals surface area contributed by atoms with E-state index in [1.54, 1.807) is 0 Å². The van der Waals surface area contributed by atoms with Gasteiger partial charge in [-0.2, -0.15) is 0 Å². The Labute approximate surface area is 122 Å². The SMILES string of the molecule is O=C(Nc1ccc(F)c(C#CCCO)c1)NC1CCOC1. The van der Waals surface area contributed by atoms with E-state index in [0.717, 1.165) is 6.42 Å². The predicted molar refractivity (Wildman–Crippen MR) is 76.4 cm³/mol. The topological polar surface area (TPSA) is 70.6 Å². The van der Waals surface area contributed by atoms with E-state index >= 15 is 0 Å². The summed E-state index contributed by atoms with van der Waals surface area (Å²) in [6.07, 6.45) is 1.06. The molecule has 1 aromatic rings. The Morgan fingerprint density at radius 2 is 2.38 bits per heavy atom. The number of benzene rings is 1. The Morgan fingerprint density at radius 1 is 1.52 bits per heavy atom. The number of rotatable bonds is 3. The summed E-state index contributed by atoms with van der Waals surface area (Å²) in [5.41, 5.74) is 0.645. The number of anilines is 1. The van der Waals surface area contributed by atoms with E-state index < -0.39 is 5.82 Å². The van der Waals surface area contributed by atoms with Gasteiger partial charge < -0.3 is 20.5 Å². The molecule has 3 N–H and O–H groups in total. The van der Waals surface area contributed by atoms with E-state index in [2.05, 4.69) is 22.5 Å². The van der Waals surface area contributed by atoms with Crippen molar-refractivity contribution in [3.8, 4) is 11.8 Å². The van der Waals surface area contributed by atoms with Crippen molar-refractivity contribution in [2.45, 2.75) is 18.9 Å². The second-order valence-corrected chi connectivity index (χ2v) is 4.63. The number of hydrogen-bond donors (Lipinski definition) is 3. The Hall–Kier alpha value is -2.10. The Kier molecular flexibility index (Phi) is 5.55. The minimum atomic E-state index is -0.462. The molecule has 21 heavy (non-hydrogen) atoms. The molecule has 0 radical (unpaired) electrons. The molecule has 1 atom stereocenters. The molecule has 2 rings (SSSR count). The molecule has 1 fully saturated rings. The van der Waals surface area contributed by atoms with Crippen LogP contribution in [0.25, 0.3) is 0 Å². The van der Waals surface area contributed by atoms with Gasteiger partial charge >= 0.3 is 6.03 Å². The summed E-state index contributed by atoms with van der Waals surface area (Å²) in [5.74, 6) is 4.81. The monoisotopic (exact) mass is 292 g/mol. The Morgan fingerprint density at radius 3 is 3.10 bits per heavy atom. The largest absolute Gasteiger partial charge is 0.395 e. The number of ether oxygens (including phenoxy) is 1. The highest BCUT2D eigenvalue weighted by molar-refractivity contribution is 5.89. The van der Waals surface area contributed by atoms with E-state index in [-0.39, 0.29) is 30.7 Å². The number of halogens is 1. The summed E-state index contributed by atoms with van der Waals surface area (Å²) in [7, 11) is 0. The normalized spacial score (nSPS) is 17.0. The van der Waals surface area contributed by atoms with Crippen LogP contribution in [-0.2, 0) is 4.74 Å². The van der Waals surface area contributed by atoms with Crippen LogP contribution in [-0.4, -0.2) is 37.0 Å². The lowest BCUT2D eigenvalue weighted by Crippen LogP contribution is -2.38. The number of aliphatic hydroxyl groups excluding tert-OH is 1. The smallest absolute Gasteiger partial charge is 0.319 e. The zero-order chi connectivity index (χ0) is 15.1. The highest BCUT2D eigenvalue weighted by atomic mass is 19.1. The molecule has 2 amide bonds. The fourth-order valence-electron chi connectivity index (χ4n) is 1.91. The van der Waals surface area contributed by atoms with E-state index in [4.69, 9.17) is 9.84 Å². The molecule has 1 saturated heterocycles. The van der Waals surface area contributed by atoms with Gasteiger partial charge in [-0.15, -0.1) is 0 Å². The lowest BCUT2D eigenvalue weighted by atomic mass is 10.2. The summed E-state index contributed by atoms with van der Waals surface area (Å²) < 4.78 is 18.7. The third kappa shape index (κ3) is 4.74. The molecule has 1 aliphatic heterocycles. The van der Waals surface area contributed by atoms with Gasteiger partial charge in [-0.05, 0) is 24.6 Å². The summed E-state index contributed by atoms with van der Waals surface area (Å²) in [6.45, 7) is 1.08. The third-order valence-electron chi connectivity index (χ3n) is 2.95. The first-order chi connectivity index (χ1) is 10.2. The molecular weight excluding hydrogens is 275 g/mol. The predicted octanol–water partition coefficient (Wildman–Crippen LogP) is 1.47. The van der Waals surface area contributed by atoms with Gasteiger partial charge in [0, 0.05) is 18.7 Å². The summed E-state index contributed by atoms with van der Waals surface area (Å²) in [5, 5.41) is 14.1. The highest BCUT2D eigenvalue weighted by Crippen LogP contribution is 2.14. The number of nitrogens with one attached hydrogen (secondary N) is 2. The summed E-state index contributed by atoms with van der Waals surface area (Å²) in [4.78, 5) is 11.8. The minimum Gasteiger partial charge on any atom is -0.395 e. The van der Waals surface area contributed by atoms with Gasteiger partial charge in [0.2, 0.25) is 0 Å². The Bertz CT molecular complexity index is 560. The number of amides is 2. The molecule has 0 aliphatic carbocycles. The van der Waals surface area contributed by atoms with Crippen molar-refractivity contribution in [1.29, 1.82) is 0 Å². The lowest BCUT2D eigenvalue weighted by molar-refractivity contribution is 0.189. The molecule has 1 aromatic carbocycles. The first-order valence-electron chi connectivity index (χ1n) is 6.73. The second kappa shape index (κ2) is 7.62. The zero-order valence-corrected chi connectivity index (χ0v) is 11.5. The van der Waals surface area contributed by atoms with Crippen LogP contribution in [0.5, 0.6) is 0 Å². The number of aliphatic hydroxyl groups is 1. The van der Waals surface area contributed by atoms with Crippen LogP contribution in [0.4, 0.5) is 14.9 Å². The van der Waals surface area contributed by atoms with Gasteiger partial charge in [0.25, 0.3) is 0 Å². The van der Waals surface area contributed by atoms with Gasteiger partial charge in [-0.25, -0.2) is 9.18 Å². The molecule has 1 aliphatic rings. The second-order valence-electron chi connectivity index (χ2n) is 4.63. The highest BCUT2D eigenvalue weighted by Gasteiger charge is 2.17. The summed E-state index contributed by atoms with van der Waals surface area (Å²) in [6, 6.07) is 3.83. The average Bonchev–Trinajstić information content (AvgIpc) is 2.95. The molecule has 6 heteroatoms. The van der Waals surface area contributed by atoms with Gasteiger partial charge in [0.05, 0.1) is 24.8 Å². The number of carbonyl (C=O) groups is 1. The quantitative estimate of drug-likeness (QED) is 0.739. The maximum atomic E-state index is 13.6. The van der Waals surface area contributed by atoms with Crippen molar-refractivity contribution in [2.75, 3.05) is 25.1 Å². The summed E-state index contributed by atoms with van der Waals surface area (Å²) >= 11 is 0. The number of carbonyl (C=O) groups excluding carboxylic acids is 1. The fourth-order valence-corrected chi connectivity index (χ4v) is 1.91. The zero-order valence-electron chi connectivity index (χ0n) is 11.5. The first-order valence-corrected chi connectivity index (χ1v) is 6.73. The molecule has 0 bridgehead atoms. The van der Waals surface area contributed by atoms with Gasteiger partial charge in [0.15, 0.2) is 0 Å². The van der Waals surface area contributed by atoms with E-state index in [1.165, 1.54) is 18.2 Å². The van der Waals surface area contributed by atoms with E-state index in [9.17, 15) is 9.18 Å². The molecule has 1 unspecified atom stereocenters. The average molecular weight is 292 g/mol. The van der Waals surface area contributed by atoms with Crippen LogP contribution in [0.1, 0.15) is 18.4 Å². The van der Waals surface area contributed by atoms with Crippen molar-refractivity contribution < 1.29 is 19.0 Å². The van der Waals surface area contributed by atoms with Crippen LogP contribution in [0.2, 0.25) is 0 Å². The number of urea groups is 1. The minimum absolute atomic E-state index is 0.00858. The fraction of sp³-hybridized carbons (Fsp3) is 0.400. The first kappa shape index (κ1) is 15.3. The standard InChI is InChI=1S/C15H17FN2O3/c16-14-5-4-12(9-11(14)3-1-2-7-19)17-15(20)18-13-6-8-21-10-13/h4-5,9,13,19H,2,6-8,10H2,(H2,17,18,20). The van der Waals surface area contributed by atoms with E-state index in [0.29, 0.717) is 18.9 Å². The molecule has 0 spiro atoms. The van der Waals surface area contributed by atoms with Crippen LogP contribution in [0.15, 0.2) is 18.2 Å². The van der Waals surface area contributed by atoms with Crippen LogP contribution in [0.3, 0.4) is 0 Å². The van der Waals surface area contributed by atoms with Crippen molar-refractivity contribution in [1.82, 2.24) is 5.32 Å². The van der Waals surface area contributed by atoms with Crippen molar-refractivity contribution in [3.63, 3.8) is 0 Å². The van der Waals surface area contributed by atoms with E-state index in [1.807, 2.05) is 0 Å². The van der Waals surface area contributed by atoms with Gasteiger partial charge in [0.1, 0.15) is 5.82 Å². The third-order valence-corrected chi connectivity index (χ3v) is 2.95. The van der Waals surface area contributed by atoms with Crippen LogP contribution in [0, 0.1) is 17.7 Å². The molecule has 112 valence electrons. The van der Waals surface area contributed by atoms with Crippen LogP contribution >= 0.6 is 0 Å². The molecule has 5 nitrogen and oxygen atoms in total. The number of hydrogen-bond acceptors (Lipinski definition) is 3. The molecule has 1 heterocycles. The Balaban J connectivity index is 1.98. The molecular formula is C15H17FN2O3. The van der Waals surface area contributed by atoms with Crippen molar-refractivity contribution >= 4 is 11.7 Å². The van der Waals surface area contributed by atoms with Gasteiger partial charge in [-0.3, -0.25) is 0 Å². The lowest BCUT2D eigenvalue weighted by Gasteiger charge is -2.12. The van der Waals surface area contributed by atoms with Crippen LogP contribution < -0.4 is 10.6 Å². The molecule has 0 saturated carbocycles. The maximum Gasteiger partial charge on any atom is 0.319 e. The van der Waals surface area contributed by atoms with Gasteiger partial charge in [-0.1, -0.05) is 11.8 Å². The van der Waals surface area contributed by atoms with Crippen molar-refractivity contribution in [3.05, 3.63) is 29.6 Å². The van der Waals surface area contributed by atoms with Crippen molar-refractivity contribution in [2.24, 2.45) is 0 Å². The maximum absolute atomic E-state index is 13.6.